The summed E-state index contributed by atoms with van der Waals surface area (Å²) in [6.45, 7) is 3.85. The molecule has 1 atom stereocenters. The number of amides is 1. The van der Waals surface area contributed by atoms with E-state index in [1.165, 1.54) is 6.92 Å². The molecule has 0 radical (unpaired) electrons. The molecule has 6 nitrogen and oxygen atoms in total. The summed E-state index contributed by atoms with van der Waals surface area (Å²) in [5.41, 5.74) is 1.30. The van der Waals surface area contributed by atoms with E-state index in [0.29, 0.717) is 21.5 Å². The molecule has 0 saturated carbocycles. The molecule has 0 aliphatic rings. The van der Waals surface area contributed by atoms with Crippen LogP contribution in [0.5, 0.6) is 5.75 Å². The lowest BCUT2D eigenvalue weighted by Gasteiger charge is -2.28. The van der Waals surface area contributed by atoms with Gasteiger partial charge in [-0.25, -0.2) is 8.42 Å². The molecule has 2 aromatic carbocycles. The maximum Gasteiger partial charge on any atom is 0.243 e. The highest BCUT2D eigenvalue weighted by Gasteiger charge is 2.28. The molecule has 1 amide bonds. The van der Waals surface area contributed by atoms with Gasteiger partial charge in [0.25, 0.3) is 0 Å². The molecule has 2 rings (SSSR count). The van der Waals surface area contributed by atoms with E-state index in [-0.39, 0.29) is 13.2 Å². The van der Waals surface area contributed by atoms with Gasteiger partial charge in [0.2, 0.25) is 15.9 Å². The molecule has 0 bridgehead atoms. The fourth-order valence-corrected chi connectivity index (χ4v) is 4.02. The van der Waals surface area contributed by atoms with Crippen molar-refractivity contribution in [1.82, 2.24) is 5.32 Å². The van der Waals surface area contributed by atoms with Crippen molar-refractivity contribution in [2.75, 3.05) is 23.7 Å². The molecule has 0 aromatic heterocycles. The van der Waals surface area contributed by atoms with Gasteiger partial charge in [0.15, 0.2) is 0 Å². The number of carbonyl (C=O) groups is 1. The molecule has 0 heterocycles. The van der Waals surface area contributed by atoms with Crippen LogP contribution in [0.4, 0.5) is 5.69 Å². The van der Waals surface area contributed by atoms with Crippen LogP contribution in [0.1, 0.15) is 12.5 Å². The van der Waals surface area contributed by atoms with Gasteiger partial charge in [0, 0.05) is 10.0 Å². The second kappa shape index (κ2) is 9.49. The Balaban J connectivity index is 1.97. The van der Waals surface area contributed by atoms with Crippen LogP contribution in [0.15, 0.2) is 42.5 Å². The van der Waals surface area contributed by atoms with E-state index in [2.05, 4.69) is 5.32 Å². The second-order valence-electron chi connectivity index (χ2n) is 6.26. The quantitative estimate of drug-likeness (QED) is 0.630. The number of carbonyl (C=O) groups excluding carboxylic acids is 1. The predicted molar refractivity (Wildman–Crippen MR) is 113 cm³/mol. The number of hydrogen-bond acceptors (Lipinski definition) is 4. The third-order valence-electron chi connectivity index (χ3n) is 3.98. The molecule has 1 N–H and O–H groups in total. The number of aryl methyl sites for hydroxylation is 1. The highest BCUT2D eigenvalue weighted by molar-refractivity contribution is 7.92. The number of hydrogen-bond donors (Lipinski definition) is 1. The summed E-state index contributed by atoms with van der Waals surface area (Å²) in [4.78, 5) is 12.5. The molecule has 0 aliphatic heterocycles. The molecule has 0 spiro atoms. The van der Waals surface area contributed by atoms with Crippen molar-refractivity contribution in [2.24, 2.45) is 0 Å². The second-order valence-corrected chi connectivity index (χ2v) is 8.96. The van der Waals surface area contributed by atoms with E-state index in [4.69, 9.17) is 27.9 Å². The van der Waals surface area contributed by atoms with E-state index in [1.54, 1.807) is 36.4 Å². The van der Waals surface area contributed by atoms with Crippen molar-refractivity contribution >= 4 is 44.8 Å². The Labute approximate surface area is 175 Å². The van der Waals surface area contributed by atoms with Gasteiger partial charge in [0.1, 0.15) is 18.4 Å². The minimum absolute atomic E-state index is 0.215. The summed E-state index contributed by atoms with van der Waals surface area (Å²) < 4.78 is 31.0. The molecule has 9 heteroatoms. The lowest BCUT2D eigenvalue weighted by Crippen LogP contribution is -2.48. The van der Waals surface area contributed by atoms with Gasteiger partial charge in [-0.2, -0.15) is 0 Å². The maximum atomic E-state index is 12.5. The normalized spacial score (nSPS) is 12.3. The van der Waals surface area contributed by atoms with Crippen LogP contribution in [0.2, 0.25) is 10.0 Å². The summed E-state index contributed by atoms with van der Waals surface area (Å²) in [7, 11) is -3.67. The lowest BCUT2D eigenvalue weighted by atomic mass is 10.2. The Morgan fingerprint density at radius 1 is 1.18 bits per heavy atom. The van der Waals surface area contributed by atoms with E-state index >= 15 is 0 Å². The van der Waals surface area contributed by atoms with Gasteiger partial charge >= 0.3 is 0 Å². The SMILES string of the molecule is Cc1ccc(OCCNC(=O)[C@H](C)N(c2ccc(Cl)cc2)S(C)(=O)=O)cc1Cl. The zero-order chi connectivity index (χ0) is 20.9. The van der Waals surface area contributed by atoms with Crippen molar-refractivity contribution in [3.05, 3.63) is 58.1 Å². The minimum Gasteiger partial charge on any atom is -0.492 e. The van der Waals surface area contributed by atoms with Crippen LogP contribution in [0.3, 0.4) is 0 Å². The number of anilines is 1. The summed E-state index contributed by atoms with van der Waals surface area (Å²) in [5.74, 6) is 0.155. The molecule has 0 fully saturated rings. The van der Waals surface area contributed by atoms with Gasteiger partial charge in [-0.15, -0.1) is 0 Å². The molecule has 0 aliphatic carbocycles. The van der Waals surface area contributed by atoms with Gasteiger partial charge in [-0.3, -0.25) is 9.10 Å². The van der Waals surface area contributed by atoms with Crippen molar-refractivity contribution in [3.8, 4) is 5.75 Å². The van der Waals surface area contributed by atoms with Crippen molar-refractivity contribution < 1.29 is 17.9 Å². The van der Waals surface area contributed by atoms with Crippen molar-refractivity contribution in [1.29, 1.82) is 0 Å². The fraction of sp³-hybridized carbons (Fsp3) is 0.316. The monoisotopic (exact) mass is 444 g/mol. The minimum atomic E-state index is -3.67. The van der Waals surface area contributed by atoms with Crippen LogP contribution in [-0.2, 0) is 14.8 Å². The number of ether oxygens (including phenoxy) is 1. The first kappa shape index (κ1) is 22.3. The van der Waals surface area contributed by atoms with Gasteiger partial charge in [0.05, 0.1) is 18.5 Å². The highest BCUT2D eigenvalue weighted by atomic mass is 35.5. The van der Waals surface area contributed by atoms with E-state index < -0.39 is 22.0 Å². The zero-order valence-electron chi connectivity index (χ0n) is 15.8. The first-order valence-electron chi connectivity index (χ1n) is 8.51. The number of halogens is 2. The van der Waals surface area contributed by atoms with Crippen LogP contribution < -0.4 is 14.4 Å². The standard InChI is InChI=1S/C19H22Cl2N2O4S/c1-13-4-9-17(12-18(13)21)27-11-10-22-19(24)14(2)23(28(3,25)26)16-7-5-15(20)6-8-16/h4-9,12,14H,10-11H2,1-3H3,(H,22,24)/t14-/m0/s1. The smallest absolute Gasteiger partial charge is 0.243 e. The number of nitrogens with zero attached hydrogens (tertiary/aromatic N) is 1. The lowest BCUT2D eigenvalue weighted by molar-refractivity contribution is -0.121. The molecule has 0 saturated heterocycles. The summed E-state index contributed by atoms with van der Waals surface area (Å²) in [5, 5.41) is 3.76. The molecular formula is C19H22Cl2N2O4S. The molecule has 0 unspecified atom stereocenters. The number of rotatable bonds is 8. The van der Waals surface area contributed by atoms with E-state index in [9.17, 15) is 13.2 Å². The van der Waals surface area contributed by atoms with Gasteiger partial charge < -0.3 is 10.1 Å². The van der Waals surface area contributed by atoms with Crippen LogP contribution in [-0.4, -0.2) is 39.8 Å². The molecular weight excluding hydrogens is 423 g/mol. The number of nitrogens with one attached hydrogen (secondary N) is 1. The van der Waals surface area contributed by atoms with E-state index in [0.717, 1.165) is 16.1 Å². The van der Waals surface area contributed by atoms with Gasteiger partial charge in [-0.05, 0) is 55.8 Å². The molecule has 2 aromatic rings. The zero-order valence-corrected chi connectivity index (χ0v) is 18.1. The predicted octanol–water partition coefficient (Wildman–Crippen LogP) is 3.65. The highest BCUT2D eigenvalue weighted by Crippen LogP contribution is 2.23. The third-order valence-corrected chi connectivity index (χ3v) is 5.88. The van der Waals surface area contributed by atoms with Crippen LogP contribution >= 0.6 is 23.2 Å². The van der Waals surface area contributed by atoms with Crippen molar-refractivity contribution in [2.45, 2.75) is 19.9 Å². The topological polar surface area (TPSA) is 75.7 Å². The Morgan fingerprint density at radius 3 is 2.39 bits per heavy atom. The third kappa shape index (κ3) is 6.02. The summed E-state index contributed by atoms with van der Waals surface area (Å²) in [6.07, 6.45) is 1.05. The van der Waals surface area contributed by atoms with Crippen LogP contribution in [0, 0.1) is 6.92 Å². The molecule has 28 heavy (non-hydrogen) atoms. The summed E-state index contributed by atoms with van der Waals surface area (Å²) in [6, 6.07) is 10.6. The van der Waals surface area contributed by atoms with Gasteiger partial charge in [-0.1, -0.05) is 29.3 Å². The first-order valence-corrected chi connectivity index (χ1v) is 11.1. The Morgan fingerprint density at radius 2 is 1.82 bits per heavy atom. The molecule has 152 valence electrons. The van der Waals surface area contributed by atoms with Crippen molar-refractivity contribution in [3.63, 3.8) is 0 Å². The maximum absolute atomic E-state index is 12.5. The number of sulfonamides is 1. The average Bonchev–Trinajstić information content (AvgIpc) is 2.62. The van der Waals surface area contributed by atoms with E-state index in [1.807, 2.05) is 13.0 Å². The Bertz CT molecular complexity index is 933. The Kier molecular flexibility index (Phi) is 7.57. The Hall–Kier alpha value is -1.96. The van der Waals surface area contributed by atoms with Crippen LogP contribution in [0.25, 0.3) is 0 Å². The number of benzene rings is 2. The fourth-order valence-electron chi connectivity index (χ4n) is 2.55. The summed E-state index contributed by atoms with van der Waals surface area (Å²) >= 11 is 11.9. The first-order chi connectivity index (χ1) is 13.1. The average molecular weight is 445 g/mol. The largest absolute Gasteiger partial charge is 0.492 e.